The molecule has 4 heteroatoms. The molecule has 0 heterocycles. The van der Waals surface area contributed by atoms with Gasteiger partial charge in [-0.3, -0.25) is 0 Å². The molecule has 0 rings (SSSR count). The van der Waals surface area contributed by atoms with Crippen molar-refractivity contribution in [3.05, 3.63) is 0 Å². The molecular weight excluding hydrogens is 119 g/mol. The minimum absolute atomic E-state index is 0. The maximum absolute atomic E-state index is 9.92. The van der Waals surface area contributed by atoms with E-state index in [1.54, 1.807) is 0 Å². The van der Waals surface area contributed by atoms with Gasteiger partial charge in [0.15, 0.2) is 0 Å². The second-order valence-corrected chi connectivity index (χ2v) is 1.39. The number of carboxylic acids is 1. The van der Waals surface area contributed by atoms with Gasteiger partial charge in [0.25, 0.3) is 0 Å². The smallest absolute Gasteiger partial charge is 0.852 e. The third-order valence-corrected chi connectivity index (χ3v) is 0.454. The van der Waals surface area contributed by atoms with Crippen LogP contribution in [0.4, 0.5) is 0 Å². The van der Waals surface area contributed by atoms with Crippen molar-refractivity contribution in [3.63, 3.8) is 0 Å². The van der Waals surface area contributed by atoms with Gasteiger partial charge in [-0.15, -0.1) is 6.10 Å². The van der Waals surface area contributed by atoms with Crippen LogP contribution in [0.25, 0.3) is 0 Å². The first-order valence-electron chi connectivity index (χ1n) is 1.98. The Morgan fingerprint density at radius 2 is 2.12 bits per heavy atom. The summed E-state index contributed by atoms with van der Waals surface area (Å²) in [7, 11) is 0. The van der Waals surface area contributed by atoms with Gasteiger partial charge in [0.05, 0.1) is 0 Å². The van der Waals surface area contributed by atoms with Crippen molar-refractivity contribution in [3.8, 4) is 0 Å². The van der Waals surface area contributed by atoms with Crippen molar-refractivity contribution >= 4 is 5.97 Å². The number of rotatable bonds is 2. The normalized spacial score (nSPS) is 11.8. The van der Waals surface area contributed by atoms with E-state index in [1.807, 2.05) is 0 Å². The molecule has 8 heavy (non-hydrogen) atoms. The molecule has 0 fully saturated rings. The average Bonchev–Trinajstić information content (AvgIpc) is 1.27. The summed E-state index contributed by atoms with van der Waals surface area (Å²) in [6, 6.07) is 0. The molecule has 3 nitrogen and oxygen atoms in total. The van der Waals surface area contributed by atoms with Gasteiger partial charge >= 0.3 is 29.6 Å². The van der Waals surface area contributed by atoms with Gasteiger partial charge in [0.1, 0.15) is 0 Å². The Morgan fingerprint density at radius 1 is 1.75 bits per heavy atom. The molecule has 0 radical (unpaired) electrons. The predicted molar refractivity (Wildman–Crippen MR) is 19.1 cm³/mol. The fourth-order valence-corrected chi connectivity index (χ4v) is 0.235. The summed E-state index contributed by atoms with van der Waals surface area (Å²) in [5, 5.41) is 19.4. The van der Waals surface area contributed by atoms with Crippen molar-refractivity contribution < 1.29 is 44.6 Å². The van der Waals surface area contributed by atoms with Crippen molar-refractivity contribution in [2.75, 3.05) is 0 Å². The maximum atomic E-state index is 9.92. The fraction of sp³-hybridized carbons (Fsp3) is 0.750. The van der Waals surface area contributed by atoms with Crippen LogP contribution in [0.5, 0.6) is 0 Å². The number of carboxylic acid groups (broad SMARTS) is 1. The number of aliphatic carboxylic acids is 1. The van der Waals surface area contributed by atoms with Gasteiger partial charge in [-0.25, -0.2) is 0 Å². The van der Waals surface area contributed by atoms with Crippen LogP contribution in [0, 0.1) is 0 Å². The third-order valence-electron chi connectivity index (χ3n) is 0.454. The molecule has 1 atom stereocenters. The summed E-state index contributed by atoms with van der Waals surface area (Å²) in [5.74, 6) is -1.28. The Hall–Kier alpha value is 0.430. The molecule has 0 aromatic carbocycles. The molecule has 0 unspecified atom stereocenters. The predicted octanol–water partition coefficient (Wildman–Crippen LogP) is -5.12. The molecular formula is C4H6NaO3-. The standard InChI is InChI=1S/C4H7O3.Na/c1-3(5)2-4(6)7;/h3H,2H2,1H3,(H,6,7);/q-1;+1/p-1/t3-;/m1./s1. The molecule has 0 saturated carbocycles. The van der Waals surface area contributed by atoms with Gasteiger partial charge < -0.3 is 15.0 Å². The Bertz CT molecular complexity index is 71.7. The zero-order chi connectivity index (χ0) is 5.86. The van der Waals surface area contributed by atoms with E-state index in [0.717, 1.165) is 0 Å². The van der Waals surface area contributed by atoms with Crippen molar-refractivity contribution in [2.24, 2.45) is 0 Å². The molecule has 0 aromatic rings. The number of carbonyl (C=O) groups excluding carboxylic acids is 1. The number of hydrogen-bond acceptors (Lipinski definition) is 3. The summed E-state index contributed by atoms with van der Waals surface area (Å²) >= 11 is 0. The molecule has 0 spiro atoms. The Balaban J connectivity index is 0. The van der Waals surface area contributed by atoms with Crippen molar-refractivity contribution in [2.45, 2.75) is 19.4 Å². The van der Waals surface area contributed by atoms with Crippen LogP contribution in [-0.4, -0.2) is 12.1 Å². The van der Waals surface area contributed by atoms with Crippen LogP contribution in [0.3, 0.4) is 0 Å². The molecule has 0 aliphatic carbocycles. The summed E-state index contributed by atoms with van der Waals surface area (Å²) < 4.78 is 0. The summed E-state index contributed by atoms with van der Waals surface area (Å²) in [6.45, 7) is 1.29. The van der Waals surface area contributed by atoms with E-state index in [4.69, 9.17) is 0 Å². The van der Waals surface area contributed by atoms with Crippen LogP contribution in [-0.2, 0) is 4.79 Å². The van der Waals surface area contributed by atoms with Gasteiger partial charge in [0.2, 0.25) is 0 Å². The van der Waals surface area contributed by atoms with Crippen LogP contribution in [0.15, 0.2) is 0 Å². The van der Waals surface area contributed by atoms with Crippen molar-refractivity contribution in [1.29, 1.82) is 0 Å². The number of hydrogen-bond donors (Lipinski definition) is 0. The van der Waals surface area contributed by atoms with Gasteiger partial charge in [0, 0.05) is 5.97 Å². The minimum Gasteiger partial charge on any atom is -0.852 e. The summed E-state index contributed by atoms with van der Waals surface area (Å²) in [4.78, 5) is 9.50. The molecule has 0 amide bonds. The largest absolute Gasteiger partial charge is 1.00 e. The first-order chi connectivity index (χ1) is 3.13. The molecule has 42 valence electrons. The SMILES string of the molecule is C[C@@H]([O-])CC(=O)[O-].[Na+]. The quantitative estimate of drug-likeness (QED) is 0.347. The van der Waals surface area contributed by atoms with Gasteiger partial charge in [-0.2, -0.15) is 0 Å². The zero-order valence-electron chi connectivity index (χ0n) is 5.01. The first kappa shape index (κ1) is 11.3. The molecule has 0 bridgehead atoms. The Morgan fingerprint density at radius 3 is 2.12 bits per heavy atom. The summed E-state index contributed by atoms with van der Waals surface area (Å²) in [6.07, 6.45) is -1.43. The first-order valence-corrected chi connectivity index (χ1v) is 1.98. The van der Waals surface area contributed by atoms with E-state index in [9.17, 15) is 15.0 Å². The second-order valence-electron chi connectivity index (χ2n) is 1.39. The van der Waals surface area contributed by atoms with Crippen molar-refractivity contribution in [1.82, 2.24) is 0 Å². The molecule has 0 aliphatic heterocycles. The monoisotopic (exact) mass is 125 g/mol. The van der Waals surface area contributed by atoms with E-state index >= 15 is 0 Å². The second kappa shape index (κ2) is 5.56. The van der Waals surface area contributed by atoms with E-state index in [1.165, 1.54) is 6.92 Å². The van der Waals surface area contributed by atoms with Gasteiger partial charge in [-0.05, 0) is 6.42 Å². The Labute approximate surface area is 70.0 Å². The molecule has 0 aromatic heterocycles. The van der Waals surface area contributed by atoms with E-state index in [-0.39, 0.29) is 36.0 Å². The van der Waals surface area contributed by atoms with E-state index in [2.05, 4.69) is 0 Å². The van der Waals surface area contributed by atoms with Crippen LogP contribution in [0.2, 0.25) is 0 Å². The average molecular weight is 125 g/mol. The van der Waals surface area contributed by atoms with Crippen LogP contribution < -0.4 is 39.8 Å². The maximum Gasteiger partial charge on any atom is 1.00 e. The molecule has 0 aliphatic rings. The van der Waals surface area contributed by atoms with E-state index < -0.39 is 12.1 Å². The zero-order valence-corrected chi connectivity index (χ0v) is 7.01. The molecule has 0 N–H and O–H groups in total. The van der Waals surface area contributed by atoms with E-state index in [0.29, 0.717) is 0 Å². The van der Waals surface area contributed by atoms with Crippen LogP contribution in [0.1, 0.15) is 13.3 Å². The minimum atomic E-state index is -1.28. The topological polar surface area (TPSA) is 63.2 Å². The third kappa shape index (κ3) is 9.66. The Kier molecular flexibility index (Phi) is 7.83. The fourth-order valence-electron chi connectivity index (χ4n) is 0.235. The van der Waals surface area contributed by atoms with Gasteiger partial charge in [-0.1, -0.05) is 6.92 Å². The summed E-state index contributed by atoms with van der Waals surface area (Å²) in [5.41, 5.74) is 0. The van der Waals surface area contributed by atoms with Crippen LogP contribution >= 0.6 is 0 Å². The molecule has 0 saturated heterocycles. The number of carbonyl (C=O) groups is 1.